The van der Waals surface area contributed by atoms with E-state index >= 15 is 0 Å². The molecule has 0 spiro atoms. The third kappa shape index (κ3) is 7.13. The maximum absolute atomic E-state index is 11.9. The molecule has 0 amide bonds. The average Bonchev–Trinajstić information content (AvgIpc) is 2.30. The largest absolute Gasteiger partial charge is 0.411 e. The quantitative estimate of drug-likeness (QED) is 0.726. The highest BCUT2D eigenvalue weighted by Gasteiger charge is 2.27. The lowest BCUT2D eigenvalue weighted by molar-refractivity contribution is -0.174. The Morgan fingerprint density at radius 1 is 1.37 bits per heavy atom. The van der Waals surface area contributed by atoms with E-state index in [1.54, 1.807) is 0 Å². The zero-order valence-corrected chi connectivity index (χ0v) is 11.8. The van der Waals surface area contributed by atoms with Crippen molar-refractivity contribution in [2.75, 3.05) is 32.8 Å². The van der Waals surface area contributed by atoms with Crippen molar-refractivity contribution in [2.24, 2.45) is 0 Å². The van der Waals surface area contributed by atoms with Gasteiger partial charge in [0.1, 0.15) is 6.61 Å². The molecule has 1 fully saturated rings. The van der Waals surface area contributed by atoms with Crippen molar-refractivity contribution in [3.8, 4) is 0 Å². The fourth-order valence-electron chi connectivity index (χ4n) is 2.48. The van der Waals surface area contributed by atoms with Gasteiger partial charge in [-0.15, -0.1) is 0 Å². The van der Waals surface area contributed by atoms with Crippen LogP contribution in [0.2, 0.25) is 0 Å². The SMILES string of the molecule is CCCC1CNC(C)CN1CCCOCC(F)(F)F. The first-order valence-electron chi connectivity index (χ1n) is 7.04. The van der Waals surface area contributed by atoms with Crippen molar-refractivity contribution in [1.29, 1.82) is 0 Å². The topological polar surface area (TPSA) is 24.5 Å². The lowest BCUT2D eigenvalue weighted by Crippen LogP contribution is -2.55. The van der Waals surface area contributed by atoms with Crippen LogP contribution in [0.15, 0.2) is 0 Å². The van der Waals surface area contributed by atoms with Crippen LogP contribution < -0.4 is 5.32 Å². The second-order valence-corrected chi connectivity index (χ2v) is 5.27. The smallest absolute Gasteiger partial charge is 0.372 e. The minimum absolute atomic E-state index is 0.177. The molecule has 1 rings (SSSR count). The summed E-state index contributed by atoms with van der Waals surface area (Å²) in [4.78, 5) is 2.38. The Hall–Kier alpha value is -0.330. The van der Waals surface area contributed by atoms with Gasteiger partial charge in [0.15, 0.2) is 0 Å². The van der Waals surface area contributed by atoms with Gasteiger partial charge in [-0.1, -0.05) is 13.3 Å². The molecule has 1 aliphatic rings. The van der Waals surface area contributed by atoms with Crippen LogP contribution in [-0.2, 0) is 4.74 Å². The Labute approximate surface area is 113 Å². The first kappa shape index (κ1) is 16.7. The number of hydrogen-bond acceptors (Lipinski definition) is 3. The number of nitrogens with one attached hydrogen (secondary N) is 1. The average molecular weight is 282 g/mol. The molecule has 1 N–H and O–H groups in total. The molecule has 0 aliphatic carbocycles. The minimum Gasteiger partial charge on any atom is -0.372 e. The molecule has 0 aromatic carbocycles. The maximum Gasteiger partial charge on any atom is 0.411 e. The Balaban J connectivity index is 2.21. The molecular weight excluding hydrogens is 257 g/mol. The summed E-state index contributed by atoms with van der Waals surface area (Å²) in [6.45, 7) is 6.08. The van der Waals surface area contributed by atoms with E-state index in [9.17, 15) is 13.2 Å². The molecule has 1 aliphatic heterocycles. The summed E-state index contributed by atoms with van der Waals surface area (Å²) in [6.07, 6.45) is -1.30. The summed E-state index contributed by atoms with van der Waals surface area (Å²) < 4.78 is 40.4. The van der Waals surface area contributed by atoms with E-state index in [2.05, 4.69) is 28.8 Å². The Kier molecular flexibility index (Phi) is 7.10. The van der Waals surface area contributed by atoms with Crippen LogP contribution >= 0.6 is 0 Å². The number of alkyl halides is 3. The molecule has 3 nitrogen and oxygen atoms in total. The monoisotopic (exact) mass is 282 g/mol. The summed E-state index contributed by atoms with van der Waals surface area (Å²) in [6, 6.07) is 0.952. The van der Waals surface area contributed by atoms with Gasteiger partial charge in [-0.3, -0.25) is 4.90 Å². The number of ether oxygens (including phenoxy) is 1. The first-order valence-corrected chi connectivity index (χ1v) is 7.04. The summed E-state index contributed by atoms with van der Waals surface area (Å²) >= 11 is 0. The van der Waals surface area contributed by atoms with Crippen LogP contribution in [-0.4, -0.2) is 56.0 Å². The van der Waals surface area contributed by atoms with E-state index in [4.69, 9.17) is 0 Å². The number of rotatable bonds is 7. The van der Waals surface area contributed by atoms with Crippen LogP contribution in [0, 0.1) is 0 Å². The van der Waals surface area contributed by atoms with Gasteiger partial charge < -0.3 is 10.1 Å². The Bertz CT molecular complexity index is 249. The van der Waals surface area contributed by atoms with E-state index in [-0.39, 0.29) is 6.61 Å². The van der Waals surface area contributed by atoms with Crippen molar-refractivity contribution in [3.63, 3.8) is 0 Å². The first-order chi connectivity index (χ1) is 8.92. The van der Waals surface area contributed by atoms with E-state index < -0.39 is 12.8 Å². The maximum atomic E-state index is 11.9. The van der Waals surface area contributed by atoms with Gasteiger partial charge in [0.05, 0.1) is 0 Å². The zero-order chi connectivity index (χ0) is 14.3. The minimum atomic E-state index is -4.21. The van der Waals surface area contributed by atoms with Gasteiger partial charge in [-0.2, -0.15) is 13.2 Å². The molecule has 1 saturated heterocycles. The number of halogens is 3. The van der Waals surface area contributed by atoms with Gasteiger partial charge >= 0.3 is 6.18 Å². The van der Waals surface area contributed by atoms with E-state index in [0.717, 1.165) is 32.5 Å². The van der Waals surface area contributed by atoms with E-state index in [0.29, 0.717) is 18.5 Å². The van der Waals surface area contributed by atoms with Gasteiger partial charge in [0, 0.05) is 38.3 Å². The normalized spacial score (nSPS) is 25.7. The van der Waals surface area contributed by atoms with Crippen LogP contribution in [0.4, 0.5) is 13.2 Å². The zero-order valence-electron chi connectivity index (χ0n) is 11.8. The molecular formula is C13H25F3N2O. The molecule has 19 heavy (non-hydrogen) atoms. The predicted octanol–water partition coefficient (Wildman–Crippen LogP) is 2.42. The summed E-state index contributed by atoms with van der Waals surface area (Å²) in [7, 11) is 0. The highest BCUT2D eigenvalue weighted by atomic mass is 19.4. The summed E-state index contributed by atoms with van der Waals surface area (Å²) in [5.74, 6) is 0. The van der Waals surface area contributed by atoms with Crippen LogP contribution in [0.5, 0.6) is 0 Å². The van der Waals surface area contributed by atoms with Crippen molar-refractivity contribution in [1.82, 2.24) is 10.2 Å². The molecule has 2 atom stereocenters. The van der Waals surface area contributed by atoms with Gasteiger partial charge in [-0.05, 0) is 19.8 Å². The summed E-state index contributed by atoms with van der Waals surface area (Å²) in [5.41, 5.74) is 0. The molecule has 0 radical (unpaired) electrons. The lowest BCUT2D eigenvalue weighted by Gasteiger charge is -2.39. The van der Waals surface area contributed by atoms with Gasteiger partial charge in [0.25, 0.3) is 0 Å². The Morgan fingerprint density at radius 3 is 2.74 bits per heavy atom. The van der Waals surface area contributed by atoms with Crippen LogP contribution in [0.3, 0.4) is 0 Å². The van der Waals surface area contributed by atoms with Crippen molar-refractivity contribution in [3.05, 3.63) is 0 Å². The molecule has 0 saturated carbocycles. The standard InChI is InChI=1S/C13H25F3N2O/c1-3-5-12-8-17-11(2)9-18(12)6-4-7-19-10-13(14,15)16/h11-12,17H,3-10H2,1-2H3. The van der Waals surface area contributed by atoms with Gasteiger partial charge in [-0.25, -0.2) is 0 Å². The highest BCUT2D eigenvalue weighted by Crippen LogP contribution is 2.15. The molecule has 6 heteroatoms. The van der Waals surface area contributed by atoms with Crippen molar-refractivity contribution < 1.29 is 17.9 Å². The molecule has 114 valence electrons. The third-order valence-corrected chi connectivity index (χ3v) is 3.35. The molecule has 0 aromatic heterocycles. The second kappa shape index (κ2) is 8.07. The second-order valence-electron chi connectivity index (χ2n) is 5.27. The van der Waals surface area contributed by atoms with Crippen LogP contribution in [0.1, 0.15) is 33.1 Å². The molecule has 1 heterocycles. The highest BCUT2D eigenvalue weighted by molar-refractivity contribution is 4.83. The predicted molar refractivity (Wildman–Crippen MR) is 69.2 cm³/mol. The summed E-state index contributed by atoms with van der Waals surface area (Å²) in [5, 5.41) is 3.45. The van der Waals surface area contributed by atoms with E-state index in [1.165, 1.54) is 0 Å². The molecule has 2 unspecified atom stereocenters. The van der Waals surface area contributed by atoms with Crippen molar-refractivity contribution in [2.45, 2.75) is 51.4 Å². The fraction of sp³-hybridized carbons (Fsp3) is 1.00. The molecule has 0 bridgehead atoms. The number of nitrogens with zero attached hydrogens (tertiary/aromatic N) is 1. The lowest BCUT2D eigenvalue weighted by atomic mass is 10.1. The fourth-order valence-corrected chi connectivity index (χ4v) is 2.48. The van der Waals surface area contributed by atoms with Crippen molar-refractivity contribution >= 4 is 0 Å². The number of hydrogen-bond donors (Lipinski definition) is 1. The molecule has 0 aromatic rings. The van der Waals surface area contributed by atoms with E-state index in [1.807, 2.05) is 0 Å². The Morgan fingerprint density at radius 2 is 2.11 bits per heavy atom. The van der Waals surface area contributed by atoms with Crippen LogP contribution in [0.25, 0.3) is 0 Å². The van der Waals surface area contributed by atoms with Gasteiger partial charge in [0.2, 0.25) is 0 Å². The third-order valence-electron chi connectivity index (χ3n) is 3.35. The number of piperazine rings is 1.